The van der Waals surface area contributed by atoms with E-state index in [-0.39, 0.29) is 0 Å². The summed E-state index contributed by atoms with van der Waals surface area (Å²) in [6, 6.07) is 0. The topological polar surface area (TPSA) is 20.3 Å². The minimum Gasteiger partial charge on any atom is -0.303 e. The fourth-order valence-electron chi connectivity index (χ4n) is 3.06. The first-order valence-corrected chi connectivity index (χ1v) is 7.11. The van der Waals surface area contributed by atoms with Crippen molar-refractivity contribution < 1.29 is 4.79 Å². The fourth-order valence-corrected chi connectivity index (χ4v) is 3.06. The van der Waals surface area contributed by atoms with Crippen LogP contribution in [0.15, 0.2) is 0 Å². The number of rotatable bonds is 3. The molecule has 0 spiro atoms. The molecule has 2 rings (SSSR count). The molecule has 1 saturated carbocycles. The summed E-state index contributed by atoms with van der Waals surface area (Å²) in [5.74, 6) is 0.943. The van der Waals surface area contributed by atoms with Crippen molar-refractivity contribution in [3.63, 3.8) is 0 Å². The molecule has 1 heterocycles. The number of carbonyl (C=O) groups is 1. The summed E-state index contributed by atoms with van der Waals surface area (Å²) in [5.41, 5.74) is 0. The van der Waals surface area contributed by atoms with Gasteiger partial charge in [0.05, 0.1) is 0 Å². The zero-order valence-corrected chi connectivity index (χ0v) is 10.4. The highest BCUT2D eigenvalue weighted by Crippen LogP contribution is 2.24. The minimum atomic E-state index is 0.400. The van der Waals surface area contributed by atoms with Gasteiger partial charge in [0.15, 0.2) is 0 Å². The Labute approximate surface area is 99.4 Å². The van der Waals surface area contributed by atoms with Gasteiger partial charge in [0, 0.05) is 12.3 Å². The van der Waals surface area contributed by atoms with Crippen molar-refractivity contribution in [2.24, 2.45) is 5.92 Å². The van der Waals surface area contributed by atoms with Gasteiger partial charge in [-0.25, -0.2) is 0 Å². The van der Waals surface area contributed by atoms with E-state index in [0.717, 1.165) is 32.2 Å². The molecule has 16 heavy (non-hydrogen) atoms. The van der Waals surface area contributed by atoms with Crippen molar-refractivity contribution in [1.29, 1.82) is 0 Å². The van der Waals surface area contributed by atoms with E-state index in [1.807, 2.05) is 0 Å². The number of likely N-dealkylation sites (tertiary alicyclic amines) is 1. The Bertz CT molecular complexity index is 219. The van der Waals surface area contributed by atoms with Crippen LogP contribution in [0.5, 0.6) is 0 Å². The maximum atomic E-state index is 11.7. The molecule has 92 valence electrons. The van der Waals surface area contributed by atoms with E-state index in [1.54, 1.807) is 0 Å². The maximum absolute atomic E-state index is 11.7. The lowest BCUT2D eigenvalue weighted by Crippen LogP contribution is -2.29. The van der Waals surface area contributed by atoms with E-state index >= 15 is 0 Å². The molecule has 1 saturated heterocycles. The van der Waals surface area contributed by atoms with Crippen LogP contribution >= 0.6 is 0 Å². The molecule has 0 radical (unpaired) electrons. The Morgan fingerprint density at radius 2 is 1.75 bits per heavy atom. The van der Waals surface area contributed by atoms with E-state index in [1.165, 1.54) is 45.2 Å². The summed E-state index contributed by atoms with van der Waals surface area (Å²) < 4.78 is 0. The van der Waals surface area contributed by atoms with Gasteiger partial charge < -0.3 is 4.90 Å². The number of nitrogens with zero attached hydrogens (tertiary/aromatic N) is 1. The van der Waals surface area contributed by atoms with Crippen LogP contribution in [-0.4, -0.2) is 30.3 Å². The summed E-state index contributed by atoms with van der Waals surface area (Å²) in [4.78, 5) is 14.3. The van der Waals surface area contributed by atoms with Crippen molar-refractivity contribution >= 4 is 5.78 Å². The molecule has 2 fully saturated rings. The Morgan fingerprint density at radius 1 is 1.00 bits per heavy atom. The van der Waals surface area contributed by atoms with Crippen LogP contribution in [-0.2, 0) is 4.79 Å². The predicted octanol–water partition coefficient (Wildman–Crippen LogP) is 3.01. The Kier molecular flexibility index (Phi) is 4.83. The highest BCUT2D eigenvalue weighted by Gasteiger charge is 2.22. The molecule has 0 N–H and O–H groups in total. The standard InChI is InChI=1S/C14H25NO/c16-14-8-4-3-7-13(14)9-12-15-10-5-1-2-6-11-15/h13H,1-12H2. The zero-order valence-electron chi connectivity index (χ0n) is 10.4. The van der Waals surface area contributed by atoms with Gasteiger partial charge in [-0.3, -0.25) is 4.79 Å². The third-order valence-electron chi connectivity index (χ3n) is 4.17. The molecule has 0 bridgehead atoms. The third kappa shape index (κ3) is 3.58. The second kappa shape index (κ2) is 6.39. The van der Waals surface area contributed by atoms with Gasteiger partial charge in [-0.2, -0.15) is 0 Å². The molecule has 0 aromatic heterocycles. The normalized spacial score (nSPS) is 29.0. The quantitative estimate of drug-likeness (QED) is 0.733. The minimum absolute atomic E-state index is 0.400. The van der Waals surface area contributed by atoms with Crippen molar-refractivity contribution in [2.75, 3.05) is 19.6 Å². The van der Waals surface area contributed by atoms with Crippen LogP contribution in [0, 0.1) is 5.92 Å². The predicted molar refractivity (Wildman–Crippen MR) is 66.5 cm³/mol. The summed E-state index contributed by atoms with van der Waals surface area (Å²) in [5, 5.41) is 0. The van der Waals surface area contributed by atoms with Gasteiger partial charge in [0.2, 0.25) is 0 Å². The van der Waals surface area contributed by atoms with Crippen molar-refractivity contribution in [1.82, 2.24) is 4.90 Å². The highest BCUT2D eigenvalue weighted by molar-refractivity contribution is 5.81. The van der Waals surface area contributed by atoms with Crippen molar-refractivity contribution in [2.45, 2.75) is 57.8 Å². The second-order valence-electron chi connectivity index (χ2n) is 5.45. The number of Topliss-reactive ketones (excluding diaryl/α,β-unsaturated/α-hetero) is 1. The molecule has 0 aromatic carbocycles. The Hall–Kier alpha value is -0.370. The molecule has 2 nitrogen and oxygen atoms in total. The van der Waals surface area contributed by atoms with E-state index in [2.05, 4.69) is 4.90 Å². The van der Waals surface area contributed by atoms with Crippen molar-refractivity contribution in [3.8, 4) is 0 Å². The zero-order chi connectivity index (χ0) is 11.2. The van der Waals surface area contributed by atoms with Crippen LogP contribution in [0.25, 0.3) is 0 Å². The van der Waals surface area contributed by atoms with Crippen LogP contribution in [0.4, 0.5) is 0 Å². The lowest BCUT2D eigenvalue weighted by atomic mass is 9.85. The maximum Gasteiger partial charge on any atom is 0.136 e. The van der Waals surface area contributed by atoms with Crippen LogP contribution < -0.4 is 0 Å². The van der Waals surface area contributed by atoms with Gasteiger partial charge in [-0.05, 0) is 51.7 Å². The van der Waals surface area contributed by atoms with Gasteiger partial charge in [0.1, 0.15) is 5.78 Å². The lowest BCUT2D eigenvalue weighted by molar-refractivity contribution is -0.124. The van der Waals surface area contributed by atoms with Gasteiger partial charge in [-0.15, -0.1) is 0 Å². The smallest absolute Gasteiger partial charge is 0.136 e. The second-order valence-corrected chi connectivity index (χ2v) is 5.45. The molecule has 1 unspecified atom stereocenters. The molecule has 0 aromatic rings. The summed E-state index contributed by atoms with van der Waals surface area (Å²) in [6.07, 6.45) is 11.1. The summed E-state index contributed by atoms with van der Waals surface area (Å²) >= 11 is 0. The number of hydrogen-bond acceptors (Lipinski definition) is 2. The van der Waals surface area contributed by atoms with Gasteiger partial charge >= 0.3 is 0 Å². The van der Waals surface area contributed by atoms with Crippen molar-refractivity contribution in [3.05, 3.63) is 0 Å². The largest absolute Gasteiger partial charge is 0.303 e. The molecular weight excluding hydrogens is 198 g/mol. The van der Waals surface area contributed by atoms with Crippen LogP contribution in [0.1, 0.15) is 57.8 Å². The lowest BCUT2D eigenvalue weighted by Gasteiger charge is -2.25. The van der Waals surface area contributed by atoms with E-state index < -0.39 is 0 Å². The molecular formula is C14H25NO. The number of ketones is 1. The van der Waals surface area contributed by atoms with E-state index in [0.29, 0.717) is 11.7 Å². The summed E-state index contributed by atoms with van der Waals surface area (Å²) in [6.45, 7) is 3.69. The first-order valence-electron chi connectivity index (χ1n) is 7.11. The van der Waals surface area contributed by atoms with Crippen LogP contribution in [0.2, 0.25) is 0 Å². The number of carbonyl (C=O) groups excluding carboxylic acids is 1. The first-order chi connectivity index (χ1) is 7.86. The van der Waals surface area contributed by atoms with E-state index in [4.69, 9.17) is 0 Å². The Balaban J connectivity index is 1.70. The third-order valence-corrected chi connectivity index (χ3v) is 4.17. The van der Waals surface area contributed by atoms with Gasteiger partial charge in [-0.1, -0.05) is 19.3 Å². The molecule has 1 atom stereocenters. The SMILES string of the molecule is O=C1CCCCC1CCN1CCCCCC1. The molecule has 2 aliphatic rings. The number of hydrogen-bond donors (Lipinski definition) is 0. The highest BCUT2D eigenvalue weighted by atomic mass is 16.1. The summed E-state index contributed by atoms with van der Waals surface area (Å²) in [7, 11) is 0. The fraction of sp³-hybridized carbons (Fsp3) is 0.929. The molecule has 1 aliphatic carbocycles. The van der Waals surface area contributed by atoms with E-state index in [9.17, 15) is 4.79 Å². The average molecular weight is 223 g/mol. The monoisotopic (exact) mass is 223 g/mol. The Morgan fingerprint density at radius 3 is 2.44 bits per heavy atom. The average Bonchev–Trinajstić information content (AvgIpc) is 2.56. The molecule has 0 amide bonds. The molecule has 2 heteroatoms. The molecule has 1 aliphatic heterocycles. The van der Waals surface area contributed by atoms with Crippen LogP contribution in [0.3, 0.4) is 0 Å². The first kappa shape index (κ1) is 12.1. The van der Waals surface area contributed by atoms with Gasteiger partial charge in [0.25, 0.3) is 0 Å².